The zero-order valence-corrected chi connectivity index (χ0v) is 12.4. The van der Waals surface area contributed by atoms with Crippen molar-refractivity contribution in [3.05, 3.63) is 53.7 Å². The Labute approximate surface area is 128 Å². The van der Waals surface area contributed by atoms with Crippen molar-refractivity contribution in [2.24, 2.45) is 0 Å². The predicted molar refractivity (Wildman–Crippen MR) is 82.4 cm³/mol. The third-order valence-corrected chi connectivity index (χ3v) is 2.95. The van der Waals surface area contributed by atoms with Crippen LogP contribution in [0, 0.1) is 6.92 Å². The van der Waals surface area contributed by atoms with Gasteiger partial charge in [0.15, 0.2) is 0 Å². The van der Waals surface area contributed by atoms with E-state index in [9.17, 15) is 9.59 Å². The number of hydrogen-bond acceptors (Lipinski definition) is 4. The van der Waals surface area contributed by atoms with Crippen LogP contribution in [-0.4, -0.2) is 23.9 Å². The number of rotatable bonds is 4. The summed E-state index contributed by atoms with van der Waals surface area (Å²) < 4.78 is 5.05. The lowest BCUT2D eigenvalue weighted by atomic mass is 10.2. The van der Waals surface area contributed by atoms with Crippen molar-refractivity contribution in [2.45, 2.75) is 13.5 Å². The van der Waals surface area contributed by atoms with Gasteiger partial charge in [-0.25, -0.2) is 4.98 Å². The van der Waals surface area contributed by atoms with Gasteiger partial charge < -0.3 is 15.4 Å². The molecule has 2 N–H and O–H groups in total. The number of pyridine rings is 1. The molecule has 2 aromatic rings. The highest BCUT2D eigenvalue weighted by Gasteiger charge is 2.13. The summed E-state index contributed by atoms with van der Waals surface area (Å²) in [5.74, 6) is -0.367. The molecule has 0 bridgehead atoms. The Bertz CT molecular complexity index is 669. The van der Waals surface area contributed by atoms with Crippen molar-refractivity contribution in [3.8, 4) is 5.75 Å². The van der Waals surface area contributed by atoms with Crippen LogP contribution in [0.1, 0.15) is 11.3 Å². The number of anilines is 1. The number of amides is 2. The number of carbonyl (C=O) groups excluding carboxylic acids is 2. The first-order chi connectivity index (χ1) is 10.6. The third kappa shape index (κ3) is 4.31. The van der Waals surface area contributed by atoms with Gasteiger partial charge in [0.05, 0.1) is 7.11 Å². The minimum Gasteiger partial charge on any atom is -0.497 e. The molecular formula is C16H17N3O3. The molecule has 114 valence electrons. The smallest absolute Gasteiger partial charge is 0.314 e. The van der Waals surface area contributed by atoms with Crippen molar-refractivity contribution in [1.29, 1.82) is 0 Å². The predicted octanol–water partition coefficient (Wildman–Crippen LogP) is 1.65. The fraction of sp³-hybridized carbons (Fsp3) is 0.188. The molecule has 0 aliphatic carbocycles. The largest absolute Gasteiger partial charge is 0.497 e. The van der Waals surface area contributed by atoms with Gasteiger partial charge >= 0.3 is 11.8 Å². The summed E-state index contributed by atoms with van der Waals surface area (Å²) in [6, 6.07) is 12.4. The molecule has 0 radical (unpaired) electrons. The molecule has 0 unspecified atom stereocenters. The first-order valence-corrected chi connectivity index (χ1v) is 6.74. The lowest BCUT2D eigenvalue weighted by molar-refractivity contribution is -0.136. The summed E-state index contributed by atoms with van der Waals surface area (Å²) in [6.07, 6.45) is 0. The molecule has 1 heterocycles. The molecule has 1 aromatic heterocycles. The molecule has 0 atom stereocenters. The maximum Gasteiger partial charge on any atom is 0.314 e. The van der Waals surface area contributed by atoms with Gasteiger partial charge in [0.1, 0.15) is 11.6 Å². The highest BCUT2D eigenvalue weighted by molar-refractivity contribution is 6.39. The molecule has 1 aromatic carbocycles. The van der Waals surface area contributed by atoms with E-state index in [-0.39, 0.29) is 6.54 Å². The van der Waals surface area contributed by atoms with Gasteiger partial charge in [0, 0.05) is 12.2 Å². The molecule has 0 aliphatic heterocycles. The second-order valence-corrected chi connectivity index (χ2v) is 4.65. The number of nitrogens with one attached hydrogen (secondary N) is 2. The van der Waals surface area contributed by atoms with E-state index in [0.29, 0.717) is 5.82 Å². The molecular weight excluding hydrogens is 282 g/mol. The standard InChI is InChI=1S/C16H17N3O3/c1-11-4-3-5-14(18-11)19-16(21)15(20)17-10-12-6-8-13(22-2)9-7-12/h3-9H,10H2,1-2H3,(H,17,20)(H,18,19,21). The van der Waals surface area contributed by atoms with Crippen molar-refractivity contribution in [3.63, 3.8) is 0 Å². The molecule has 2 amide bonds. The van der Waals surface area contributed by atoms with E-state index in [1.165, 1.54) is 0 Å². The Balaban J connectivity index is 1.87. The van der Waals surface area contributed by atoms with Gasteiger partial charge in [0.2, 0.25) is 0 Å². The first-order valence-electron chi connectivity index (χ1n) is 6.74. The summed E-state index contributed by atoms with van der Waals surface area (Å²) >= 11 is 0. The Morgan fingerprint density at radius 1 is 1.09 bits per heavy atom. The zero-order chi connectivity index (χ0) is 15.9. The van der Waals surface area contributed by atoms with E-state index < -0.39 is 11.8 Å². The normalized spacial score (nSPS) is 9.91. The summed E-state index contributed by atoms with van der Waals surface area (Å²) in [7, 11) is 1.58. The fourth-order valence-corrected chi connectivity index (χ4v) is 1.79. The number of aryl methyl sites for hydroxylation is 1. The lowest BCUT2D eigenvalue weighted by Crippen LogP contribution is -2.35. The van der Waals surface area contributed by atoms with Crippen molar-refractivity contribution in [1.82, 2.24) is 10.3 Å². The van der Waals surface area contributed by atoms with Crippen LogP contribution in [0.25, 0.3) is 0 Å². The second-order valence-electron chi connectivity index (χ2n) is 4.65. The SMILES string of the molecule is COc1ccc(CNC(=O)C(=O)Nc2cccc(C)n2)cc1. The van der Waals surface area contributed by atoms with Gasteiger partial charge in [-0.1, -0.05) is 18.2 Å². The van der Waals surface area contributed by atoms with Gasteiger partial charge in [-0.05, 0) is 36.8 Å². The molecule has 6 nitrogen and oxygen atoms in total. The van der Waals surface area contributed by atoms with Crippen LogP contribution >= 0.6 is 0 Å². The third-order valence-electron chi connectivity index (χ3n) is 2.95. The van der Waals surface area contributed by atoms with Crippen LogP contribution in [0.15, 0.2) is 42.5 Å². The maximum absolute atomic E-state index is 11.8. The van der Waals surface area contributed by atoms with Gasteiger partial charge in [-0.3, -0.25) is 9.59 Å². The number of ether oxygens (including phenoxy) is 1. The average Bonchev–Trinajstić information content (AvgIpc) is 2.53. The average molecular weight is 299 g/mol. The molecule has 0 spiro atoms. The van der Waals surface area contributed by atoms with Crippen molar-refractivity contribution in [2.75, 3.05) is 12.4 Å². The van der Waals surface area contributed by atoms with Crippen LogP contribution in [-0.2, 0) is 16.1 Å². The monoisotopic (exact) mass is 299 g/mol. The molecule has 0 saturated heterocycles. The summed E-state index contributed by atoms with van der Waals surface area (Å²) in [4.78, 5) is 27.6. The molecule has 22 heavy (non-hydrogen) atoms. The summed E-state index contributed by atoms with van der Waals surface area (Å²) in [5, 5.41) is 5.01. The second kappa shape index (κ2) is 7.21. The van der Waals surface area contributed by atoms with Crippen molar-refractivity contribution >= 4 is 17.6 Å². The number of carbonyl (C=O) groups is 2. The molecule has 0 fully saturated rings. The minimum absolute atomic E-state index is 0.261. The highest BCUT2D eigenvalue weighted by Crippen LogP contribution is 2.11. The van der Waals surface area contributed by atoms with E-state index in [2.05, 4.69) is 15.6 Å². The number of methoxy groups -OCH3 is 1. The topological polar surface area (TPSA) is 80.3 Å². The van der Waals surface area contributed by atoms with Crippen molar-refractivity contribution < 1.29 is 14.3 Å². The Kier molecular flexibility index (Phi) is 5.08. The molecule has 2 rings (SSSR count). The Morgan fingerprint density at radius 3 is 2.45 bits per heavy atom. The highest BCUT2D eigenvalue weighted by atomic mass is 16.5. The van der Waals surface area contributed by atoms with E-state index in [1.54, 1.807) is 44.4 Å². The Morgan fingerprint density at radius 2 is 1.82 bits per heavy atom. The maximum atomic E-state index is 11.8. The van der Waals surface area contributed by atoms with Crippen LogP contribution in [0.2, 0.25) is 0 Å². The van der Waals surface area contributed by atoms with E-state index in [1.807, 2.05) is 12.1 Å². The van der Waals surface area contributed by atoms with Crippen LogP contribution in [0.5, 0.6) is 5.75 Å². The number of aromatic nitrogens is 1. The van der Waals surface area contributed by atoms with Gasteiger partial charge in [0.25, 0.3) is 0 Å². The number of benzene rings is 1. The number of nitrogens with zero attached hydrogens (tertiary/aromatic N) is 1. The number of hydrogen-bond donors (Lipinski definition) is 2. The fourth-order valence-electron chi connectivity index (χ4n) is 1.79. The van der Waals surface area contributed by atoms with Crippen LogP contribution < -0.4 is 15.4 Å². The molecule has 0 aliphatic rings. The van der Waals surface area contributed by atoms with E-state index >= 15 is 0 Å². The first kappa shape index (κ1) is 15.5. The Hall–Kier alpha value is -2.89. The lowest BCUT2D eigenvalue weighted by Gasteiger charge is -2.07. The van der Waals surface area contributed by atoms with E-state index in [0.717, 1.165) is 17.0 Å². The summed E-state index contributed by atoms with van der Waals surface area (Å²) in [6.45, 7) is 2.07. The molecule has 6 heteroatoms. The quantitative estimate of drug-likeness (QED) is 0.841. The summed E-state index contributed by atoms with van der Waals surface area (Å²) in [5.41, 5.74) is 1.63. The minimum atomic E-state index is -0.744. The zero-order valence-electron chi connectivity index (χ0n) is 12.4. The van der Waals surface area contributed by atoms with Gasteiger partial charge in [-0.15, -0.1) is 0 Å². The molecule has 0 saturated carbocycles. The van der Waals surface area contributed by atoms with Gasteiger partial charge in [-0.2, -0.15) is 0 Å². The van der Waals surface area contributed by atoms with Crippen LogP contribution in [0.3, 0.4) is 0 Å². The van der Waals surface area contributed by atoms with Crippen LogP contribution in [0.4, 0.5) is 5.82 Å². The van der Waals surface area contributed by atoms with E-state index in [4.69, 9.17) is 4.74 Å².